The van der Waals surface area contributed by atoms with Gasteiger partial charge < -0.3 is 10.4 Å². The summed E-state index contributed by atoms with van der Waals surface area (Å²) in [5.74, 6) is 5.24. The van der Waals surface area contributed by atoms with Crippen molar-refractivity contribution in [3.8, 4) is 11.8 Å². The number of amides is 1. The monoisotopic (exact) mass is 357 g/mol. The molecule has 2 rings (SSSR count). The van der Waals surface area contributed by atoms with Crippen molar-refractivity contribution in [1.29, 1.82) is 0 Å². The SMILES string of the molecule is CC(CN1CCC(O)(C#Cc2ccccc2F)CC1)=NC=CCNC=O. The van der Waals surface area contributed by atoms with Crippen LogP contribution in [-0.4, -0.2) is 53.9 Å². The first kappa shape index (κ1) is 19.8. The minimum Gasteiger partial charge on any atom is -0.377 e. The third kappa shape index (κ3) is 6.43. The summed E-state index contributed by atoms with van der Waals surface area (Å²) in [4.78, 5) is 16.6. The van der Waals surface area contributed by atoms with Gasteiger partial charge in [0.1, 0.15) is 11.4 Å². The molecule has 26 heavy (non-hydrogen) atoms. The largest absolute Gasteiger partial charge is 0.377 e. The topological polar surface area (TPSA) is 64.9 Å². The van der Waals surface area contributed by atoms with Gasteiger partial charge in [0.25, 0.3) is 0 Å². The third-order valence-corrected chi connectivity index (χ3v) is 4.16. The molecule has 138 valence electrons. The zero-order valence-corrected chi connectivity index (χ0v) is 14.9. The Balaban J connectivity index is 1.84. The zero-order valence-electron chi connectivity index (χ0n) is 14.9. The van der Waals surface area contributed by atoms with Crippen LogP contribution in [0, 0.1) is 17.7 Å². The van der Waals surface area contributed by atoms with Gasteiger partial charge in [-0.2, -0.15) is 0 Å². The van der Waals surface area contributed by atoms with Crippen LogP contribution in [0.5, 0.6) is 0 Å². The fourth-order valence-corrected chi connectivity index (χ4v) is 2.67. The molecule has 0 radical (unpaired) electrons. The van der Waals surface area contributed by atoms with E-state index >= 15 is 0 Å². The van der Waals surface area contributed by atoms with Gasteiger partial charge in [0, 0.05) is 50.9 Å². The molecule has 0 atom stereocenters. The summed E-state index contributed by atoms with van der Waals surface area (Å²) in [5, 5.41) is 13.1. The molecule has 1 aliphatic heterocycles. The number of nitrogens with one attached hydrogen (secondary N) is 1. The Morgan fingerprint density at radius 2 is 2.15 bits per heavy atom. The highest BCUT2D eigenvalue weighted by molar-refractivity contribution is 5.84. The summed E-state index contributed by atoms with van der Waals surface area (Å²) in [6.07, 6.45) is 5.11. The number of rotatable bonds is 6. The number of piperidine rings is 1. The number of aliphatic hydroxyl groups is 1. The van der Waals surface area contributed by atoms with Crippen molar-refractivity contribution in [2.45, 2.75) is 25.4 Å². The van der Waals surface area contributed by atoms with Crippen LogP contribution in [0.1, 0.15) is 25.3 Å². The number of hydrogen-bond donors (Lipinski definition) is 2. The van der Waals surface area contributed by atoms with Crippen LogP contribution in [0.15, 0.2) is 41.5 Å². The van der Waals surface area contributed by atoms with Gasteiger partial charge in [-0.3, -0.25) is 14.7 Å². The van der Waals surface area contributed by atoms with E-state index in [0.29, 0.717) is 51.0 Å². The summed E-state index contributed by atoms with van der Waals surface area (Å²) in [7, 11) is 0. The Kier molecular flexibility index (Phi) is 7.52. The number of hydrogen-bond acceptors (Lipinski definition) is 4. The molecule has 1 amide bonds. The van der Waals surface area contributed by atoms with Crippen molar-refractivity contribution >= 4 is 12.1 Å². The van der Waals surface area contributed by atoms with Gasteiger partial charge >= 0.3 is 0 Å². The number of benzene rings is 1. The van der Waals surface area contributed by atoms with E-state index in [9.17, 15) is 14.3 Å². The average Bonchev–Trinajstić information content (AvgIpc) is 2.63. The minimum absolute atomic E-state index is 0.308. The average molecular weight is 357 g/mol. The Labute approximate surface area is 153 Å². The van der Waals surface area contributed by atoms with Gasteiger partial charge in [-0.1, -0.05) is 24.0 Å². The molecule has 0 saturated carbocycles. The predicted molar refractivity (Wildman–Crippen MR) is 100 cm³/mol. The Morgan fingerprint density at radius 3 is 2.85 bits per heavy atom. The first-order valence-electron chi connectivity index (χ1n) is 8.60. The van der Waals surface area contributed by atoms with Crippen LogP contribution in [-0.2, 0) is 4.79 Å². The fraction of sp³-hybridized carbons (Fsp3) is 0.400. The van der Waals surface area contributed by atoms with Crippen LogP contribution in [0.2, 0.25) is 0 Å². The first-order valence-corrected chi connectivity index (χ1v) is 8.60. The van der Waals surface area contributed by atoms with Crippen molar-refractivity contribution in [1.82, 2.24) is 10.2 Å². The second-order valence-electron chi connectivity index (χ2n) is 6.31. The van der Waals surface area contributed by atoms with Crippen molar-refractivity contribution in [2.24, 2.45) is 4.99 Å². The number of carbonyl (C=O) groups excluding carboxylic acids is 1. The number of aliphatic imine (C=N–C) groups is 1. The summed E-state index contributed by atoms with van der Waals surface area (Å²) in [6, 6.07) is 6.32. The standard InChI is InChI=1S/C20H24FN3O2/c1-17(23-12-4-11-22-16-25)15-24-13-9-20(26,10-14-24)8-7-18-5-2-3-6-19(18)21/h2-6,12,16,26H,9-11,13-15H2,1H3,(H,22,25). The van der Waals surface area contributed by atoms with Gasteiger partial charge in [0.15, 0.2) is 0 Å². The van der Waals surface area contributed by atoms with Crippen molar-refractivity contribution in [3.63, 3.8) is 0 Å². The molecule has 1 fully saturated rings. The molecule has 2 N–H and O–H groups in total. The van der Waals surface area contributed by atoms with E-state index in [4.69, 9.17) is 0 Å². The smallest absolute Gasteiger partial charge is 0.207 e. The molecule has 1 aromatic rings. The molecule has 0 spiro atoms. The highest BCUT2D eigenvalue weighted by atomic mass is 19.1. The molecule has 0 bridgehead atoms. The van der Waals surface area contributed by atoms with Crippen molar-refractivity contribution in [2.75, 3.05) is 26.2 Å². The highest BCUT2D eigenvalue weighted by Gasteiger charge is 2.30. The molecule has 1 saturated heterocycles. The van der Waals surface area contributed by atoms with E-state index in [1.165, 1.54) is 6.07 Å². The maximum atomic E-state index is 13.6. The Hall–Kier alpha value is -2.49. The predicted octanol–water partition coefficient (Wildman–Crippen LogP) is 1.72. The van der Waals surface area contributed by atoms with Crippen LogP contribution < -0.4 is 5.32 Å². The molecular formula is C20H24FN3O2. The van der Waals surface area contributed by atoms with Crippen LogP contribution in [0.25, 0.3) is 0 Å². The van der Waals surface area contributed by atoms with Gasteiger partial charge in [-0.25, -0.2) is 4.39 Å². The lowest BCUT2D eigenvalue weighted by molar-refractivity contribution is -0.109. The lowest BCUT2D eigenvalue weighted by atomic mass is 9.91. The molecular weight excluding hydrogens is 333 g/mol. The minimum atomic E-state index is -1.08. The van der Waals surface area contributed by atoms with Crippen LogP contribution >= 0.6 is 0 Å². The lowest BCUT2D eigenvalue weighted by Crippen LogP contribution is -2.45. The van der Waals surface area contributed by atoms with E-state index in [2.05, 4.69) is 27.0 Å². The molecule has 0 aliphatic carbocycles. The van der Waals surface area contributed by atoms with Gasteiger partial charge in [0.05, 0.1) is 5.56 Å². The van der Waals surface area contributed by atoms with E-state index in [1.807, 2.05) is 6.92 Å². The van der Waals surface area contributed by atoms with Crippen LogP contribution in [0.3, 0.4) is 0 Å². The molecule has 1 aromatic carbocycles. The number of halogens is 1. The van der Waals surface area contributed by atoms with Crippen molar-refractivity contribution in [3.05, 3.63) is 47.9 Å². The lowest BCUT2D eigenvalue weighted by Gasteiger charge is -2.34. The molecule has 5 nitrogen and oxygen atoms in total. The summed E-state index contributed by atoms with van der Waals surface area (Å²) in [5.41, 5.74) is 0.182. The number of nitrogens with zero attached hydrogens (tertiary/aromatic N) is 2. The zero-order chi connectivity index (χ0) is 18.8. The van der Waals surface area contributed by atoms with Gasteiger partial charge in [0.2, 0.25) is 6.41 Å². The van der Waals surface area contributed by atoms with E-state index in [0.717, 1.165) is 5.71 Å². The molecule has 1 heterocycles. The van der Waals surface area contributed by atoms with E-state index < -0.39 is 5.60 Å². The van der Waals surface area contributed by atoms with E-state index in [1.54, 1.807) is 30.5 Å². The summed E-state index contributed by atoms with van der Waals surface area (Å²) >= 11 is 0. The first-order chi connectivity index (χ1) is 12.5. The number of likely N-dealkylation sites (tertiary alicyclic amines) is 1. The van der Waals surface area contributed by atoms with Gasteiger partial charge in [-0.05, 0) is 25.1 Å². The molecule has 0 unspecified atom stereocenters. The maximum absolute atomic E-state index is 13.6. The Morgan fingerprint density at radius 1 is 1.42 bits per heavy atom. The second kappa shape index (κ2) is 9.85. The van der Waals surface area contributed by atoms with E-state index in [-0.39, 0.29) is 5.82 Å². The summed E-state index contributed by atoms with van der Waals surface area (Å²) in [6.45, 7) is 4.51. The molecule has 1 aliphatic rings. The summed E-state index contributed by atoms with van der Waals surface area (Å²) < 4.78 is 13.6. The van der Waals surface area contributed by atoms with Crippen molar-refractivity contribution < 1.29 is 14.3 Å². The number of carbonyl (C=O) groups is 1. The van der Waals surface area contributed by atoms with Crippen LogP contribution in [0.4, 0.5) is 4.39 Å². The fourth-order valence-electron chi connectivity index (χ4n) is 2.67. The third-order valence-electron chi connectivity index (χ3n) is 4.16. The second-order valence-corrected chi connectivity index (χ2v) is 6.31. The molecule has 0 aromatic heterocycles. The van der Waals surface area contributed by atoms with Gasteiger partial charge in [-0.15, -0.1) is 0 Å². The quantitative estimate of drug-likeness (QED) is 0.353. The maximum Gasteiger partial charge on any atom is 0.207 e. The highest BCUT2D eigenvalue weighted by Crippen LogP contribution is 2.21. The molecule has 6 heteroatoms. The Bertz CT molecular complexity index is 726. The normalized spacial score (nSPS) is 17.6.